The molecule has 17 nitrogen and oxygen atoms in total. The summed E-state index contributed by atoms with van der Waals surface area (Å²) in [5.41, 5.74) is 20.2. The number of pyridine rings is 1. The van der Waals surface area contributed by atoms with E-state index in [-0.39, 0.29) is 82.3 Å². The number of oxazole rings is 1. The number of hydrogen-bond acceptors (Lipinski definition) is 16. The first-order chi connectivity index (χ1) is 28.9. The zero-order chi connectivity index (χ0) is 45.0. The first-order valence-electron chi connectivity index (χ1n) is 19.1. The Hall–Kier alpha value is -5.60. The Morgan fingerprint density at radius 3 is 1.87 bits per heavy atom. The second-order valence-corrected chi connectivity index (χ2v) is 16.0. The van der Waals surface area contributed by atoms with Crippen LogP contribution < -0.4 is 32.6 Å². The van der Waals surface area contributed by atoms with Crippen molar-refractivity contribution in [3.63, 3.8) is 0 Å². The Morgan fingerprint density at radius 2 is 1.33 bits per heavy atom. The second-order valence-electron chi connectivity index (χ2n) is 14.6. The molecule has 338 valence electrons. The number of thioether (sulfide) groups is 1. The fourth-order valence-electron chi connectivity index (χ4n) is 5.36. The maximum Gasteiger partial charge on any atom is 0.328 e. The van der Waals surface area contributed by atoms with Crippen molar-refractivity contribution in [3.05, 3.63) is 76.6 Å². The Morgan fingerprint density at radius 1 is 0.794 bits per heavy atom. The van der Waals surface area contributed by atoms with Crippen LogP contribution in [0.25, 0.3) is 22.6 Å². The Kier molecular flexibility index (Phi) is 21.1. The van der Waals surface area contributed by atoms with Crippen molar-refractivity contribution >= 4 is 77.7 Å². The molecule has 0 fully saturated rings. The summed E-state index contributed by atoms with van der Waals surface area (Å²) in [6, 6.07) is 13.7. The number of ether oxygens (including phenoxy) is 3. The van der Waals surface area contributed by atoms with E-state index >= 15 is 0 Å². The largest absolute Gasteiger partial charge is 0.490 e. The molecule has 0 aliphatic carbocycles. The topological polar surface area (TPSA) is 285 Å². The molecule has 4 aromatic rings. The molecule has 2 aromatic carbocycles. The van der Waals surface area contributed by atoms with Crippen LogP contribution in [0.1, 0.15) is 58.4 Å². The fourth-order valence-corrected chi connectivity index (χ4v) is 6.36. The van der Waals surface area contributed by atoms with E-state index < -0.39 is 60.6 Å². The van der Waals surface area contributed by atoms with E-state index in [4.69, 9.17) is 47.4 Å². The van der Waals surface area contributed by atoms with Gasteiger partial charge in [0, 0.05) is 21.9 Å². The van der Waals surface area contributed by atoms with Gasteiger partial charge in [0.2, 0.25) is 17.7 Å². The van der Waals surface area contributed by atoms with Gasteiger partial charge in [0.25, 0.3) is 0 Å². The van der Waals surface area contributed by atoms with Gasteiger partial charge in [-0.3, -0.25) is 9.59 Å². The quantitative estimate of drug-likeness (QED) is 0.0587. The van der Waals surface area contributed by atoms with Gasteiger partial charge in [-0.1, -0.05) is 63.2 Å². The van der Waals surface area contributed by atoms with Crippen LogP contribution in [0.4, 0.5) is 5.82 Å². The lowest BCUT2D eigenvalue weighted by molar-refractivity contribution is -0.163. The molecule has 2 heterocycles. The highest BCUT2D eigenvalue weighted by Gasteiger charge is 2.28. The van der Waals surface area contributed by atoms with Gasteiger partial charge in [-0.2, -0.15) is 10.5 Å². The van der Waals surface area contributed by atoms with Crippen LogP contribution in [0.3, 0.4) is 0 Å². The highest BCUT2D eigenvalue weighted by molar-refractivity contribution is 7.98. The minimum Gasteiger partial charge on any atom is -0.490 e. The van der Waals surface area contributed by atoms with E-state index in [2.05, 4.69) is 32.7 Å². The number of halogens is 3. The van der Waals surface area contributed by atoms with Crippen LogP contribution in [0.5, 0.6) is 5.75 Å². The minimum atomic E-state index is -1.18. The van der Waals surface area contributed by atoms with Crippen LogP contribution in [0, 0.1) is 34.5 Å². The molecule has 2 amide bonds. The number of rotatable bonds is 19. The lowest BCUT2D eigenvalue weighted by Gasteiger charge is -2.23. The molecule has 21 heteroatoms. The van der Waals surface area contributed by atoms with Crippen molar-refractivity contribution in [1.29, 1.82) is 10.5 Å². The van der Waals surface area contributed by atoms with Crippen molar-refractivity contribution < 1.29 is 37.8 Å². The highest BCUT2D eigenvalue weighted by atomic mass is 35.5. The van der Waals surface area contributed by atoms with E-state index in [1.165, 1.54) is 31.9 Å². The molecule has 0 aliphatic heterocycles. The summed E-state index contributed by atoms with van der Waals surface area (Å²) in [5.74, 6) is -2.27. The number of hydrogen-bond donors (Lipinski definition) is 5. The molecule has 0 spiro atoms. The lowest BCUT2D eigenvalue weighted by Crippen LogP contribution is -2.51. The van der Waals surface area contributed by atoms with E-state index in [9.17, 15) is 29.7 Å². The van der Waals surface area contributed by atoms with Gasteiger partial charge in [-0.05, 0) is 67.6 Å². The fraction of sp³-hybridized carbons (Fsp3) is 0.381. The van der Waals surface area contributed by atoms with Crippen molar-refractivity contribution in [1.82, 2.24) is 20.6 Å². The molecule has 8 N–H and O–H groups in total. The molecular formula is C42H50Cl3N9O8S. The molecule has 0 aliphatic rings. The number of benzene rings is 2. The number of anilines is 1. The maximum absolute atomic E-state index is 13.1. The van der Waals surface area contributed by atoms with Crippen LogP contribution in [-0.4, -0.2) is 77.2 Å². The summed E-state index contributed by atoms with van der Waals surface area (Å²) in [4.78, 5) is 59.8. The van der Waals surface area contributed by atoms with Gasteiger partial charge in [-0.15, -0.1) is 24.8 Å². The molecule has 1 unspecified atom stereocenters. The number of amides is 2. The number of esters is 2. The summed E-state index contributed by atoms with van der Waals surface area (Å²) in [5, 5.41) is 26.2. The molecule has 0 saturated carbocycles. The van der Waals surface area contributed by atoms with E-state index in [0.717, 1.165) is 5.56 Å². The van der Waals surface area contributed by atoms with Gasteiger partial charge < -0.3 is 46.5 Å². The smallest absolute Gasteiger partial charge is 0.328 e. The van der Waals surface area contributed by atoms with Crippen molar-refractivity contribution in [2.24, 2.45) is 23.3 Å². The number of nitrogens with zero attached hydrogens (tertiary/aromatic N) is 4. The zero-order valence-corrected chi connectivity index (χ0v) is 38.5. The lowest BCUT2D eigenvalue weighted by atomic mass is 9.97. The van der Waals surface area contributed by atoms with E-state index in [0.29, 0.717) is 22.2 Å². The number of carbonyl (C=O) groups is 4. The first-order valence-corrected chi connectivity index (χ1v) is 20.5. The van der Waals surface area contributed by atoms with Gasteiger partial charge >= 0.3 is 11.9 Å². The Labute approximate surface area is 386 Å². The first kappa shape index (κ1) is 53.5. The van der Waals surface area contributed by atoms with E-state index in [1.54, 1.807) is 76.2 Å². The average molecular weight is 947 g/mol. The number of aromatic nitrogens is 2. The molecular weight excluding hydrogens is 897 g/mol. The molecule has 4 rings (SSSR count). The van der Waals surface area contributed by atoms with Crippen LogP contribution >= 0.6 is 48.2 Å². The van der Waals surface area contributed by atoms with E-state index in [1.807, 2.05) is 0 Å². The number of nitrogens with one attached hydrogen (secondary N) is 2. The zero-order valence-electron chi connectivity index (χ0n) is 35.2. The predicted molar refractivity (Wildman–Crippen MR) is 242 cm³/mol. The summed E-state index contributed by atoms with van der Waals surface area (Å²) in [7, 11) is 0. The summed E-state index contributed by atoms with van der Waals surface area (Å²) < 4.78 is 22.6. The normalized spacial score (nSPS) is 13.1. The molecule has 0 saturated heterocycles. The molecule has 0 radical (unpaired) electrons. The van der Waals surface area contributed by atoms with Gasteiger partial charge in [0.15, 0.2) is 6.10 Å². The SMILES string of the molecule is CC(NC(=O)[C@@H](N)C(C)C)C(=O)O[C@H](COC(=O)[C@H](C)NC(=O)[C@@H](N)C(C)C)COc1ccc(-c2c(C#N)c(N)nc(SCc3coc(-c4ccc(Cl)cc4)n3)c2C#N)cc1.Cl.Cl. The second kappa shape index (κ2) is 24.9. The predicted octanol–water partition coefficient (Wildman–Crippen LogP) is 5.33. The number of nitriles is 2. The van der Waals surface area contributed by atoms with Crippen molar-refractivity contribution in [3.8, 4) is 40.5 Å². The highest BCUT2D eigenvalue weighted by Crippen LogP contribution is 2.37. The van der Waals surface area contributed by atoms with Crippen LogP contribution in [-0.2, 0) is 34.4 Å². The van der Waals surface area contributed by atoms with Gasteiger partial charge in [-0.25, -0.2) is 19.6 Å². The van der Waals surface area contributed by atoms with Crippen LogP contribution in [0.2, 0.25) is 5.02 Å². The molecule has 0 bridgehead atoms. The third-order valence-electron chi connectivity index (χ3n) is 9.16. The Balaban J connectivity index is 0.00000683. The third-order valence-corrected chi connectivity index (χ3v) is 10.4. The minimum absolute atomic E-state index is 0. The third kappa shape index (κ3) is 14.7. The number of carbonyl (C=O) groups excluding carboxylic acids is 4. The maximum atomic E-state index is 13.1. The van der Waals surface area contributed by atoms with Crippen molar-refractivity contribution in [2.45, 2.75) is 82.6 Å². The Bertz CT molecular complexity index is 2280. The molecule has 63 heavy (non-hydrogen) atoms. The van der Waals surface area contributed by atoms with Crippen LogP contribution in [0.15, 0.2) is 64.2 Å². The molecule has 5 atom stereocenters. The number of nitrogen functional groups attached to an aromatic ring is 1. The number of nitrogens with two attached hydrogens (primary N) is 3. The summed E-state index contributed by atoms with van der Waals surface area (Å²) >= 11 is 7.19. The summed E-state index contributed by atoms with van der Waals surface area (Å²) in [6.07, 6.45) is 0.315. The molecule has 2 aromatic heterocycles. The van der Waals surface area contributed by atoms with Gasteiger partial charge in [0.05, 0.1) is 23.3 Å². The monoisotopic (exact) mass is 945 g/mol. The average Bonchev–Trinajstić information content (AvgIpc) is 3.72. The standard InChI is InChI=1S/C42H48ClN9O8S.2ClH/c1-21(2)34(46)37(53)49-23(5)41(55)59-19-30(60-42(56)24(6)50-38(54)35(47)22(3)4)18-57-29-13-9-25(10-14-29)33-31(15-44)36(48)52-40(32(33)16-45)61-20-28-17-58-39(51-28)26-7-11-27(43)12-8-26;;/h7-14,17,21-24,30,34-35H,18-20,46-47H2,1-6H3,(H2,48,52)(H,49,53)(H,50,54);2*1H/t23-,24?,30-,34-,35-;;/m0../s1. The van der Waals surface area contributed by atoms with Gasteiger partial charge in [0.1, 0.15) is 65.9 Å². The summed E-state index contributed by atoms with van der Waals surface area (Å²) in [6.45, 7) is 9.09. The van der Waals surface area contributed by atoms with Crippen molar-refractivity contribution in [2.75, 3.05) is 18.9 Å².